The van der Waals surface area contributed by atoms with Gasteiger partial charge >= 0.3 is 0 Å². The summed E-state index contributed by atoms with van der Waals surface area (Å²) in [5, 5.41) is 2.59. The van der Waals surface area contributed by atoms with Crippen LogP contribution in [0.5, 0.6) is 0 Å². The Bertz CT molecular complexity index is 763. The quantitative estimate of drug-likeness (QED) is 0.710. The van der Waals surface area contributed by atoms with E-state index in [0.717, 1.165) is 10.9 Å². The van der Waals surface area contributed by atoms with Gasteiger partial charge in [0.05, 0.1) is 18.1 Å². The van der Waals surface area contributed by atoms with Crippen LogP contribution in [0.3, 0.4) is 0 Å². The molecule has 3 nitrogen and oxygen atoms in total. The zero-order valence-electron chi connectivity index (χ0n) is 9.34. The standard InChI is InChI=1S/C13H9FN2OS/c14-10-5-9(6-15-7-10)8-16-3-1-12-11(13(16)17)2-4-18-12/h1-7H,8H2. The van der Waals surface area contributed by atoms with E-state index in [-0.39, 0.29) is 5.56 Å². The predicted octanol–water partition coefficient (Wildman–Crippen LogP) is 2.65. The minimum Gasteiger partial charge on any atom is -0.310 e. The number of thiophene rings is 1. The molecular formula is C13H9FN2OS. The molecule has 3 aromatic rings. The van der Waals surface area contributed by atoms with E-state index < -0.39 is 5.82 Å². The van der Waals surface area contributed by atoms with E-state index in [2.05, 4.69) is 4.98 Å². The lowest BCUT2D eigenvalue weighted by Crippen LogP contribution is -2.19. The highest BCUT2D eigenvalue weighted by Gasteiger charge is 2.04. The van der Waals surface area contributed by atoms with E-state index in [4.69, 9.17) is 0 Å². The number of nitrogens with zero attached hydrogens (tertiary/aromatic N) is 2. The normalized spacial score (nSPS) is 10.9. The molecule has 0 N–H and O–H groups in total. The van der Waals surface area contributed by atoms with Crippen molar-refractivity contribution in [1.82, 2.24) is 9.55 Å². The van der Waals surface area contributed by atoms with E-state index in [0.29, 0.717) is 17.5 Å². The second kappa shape index (κ2) is 4.34. The van der Waals surface area contributed by atoms with E-state index in [1.54, 1.807) is 17.0 Å². The van der Waals surface area contributed by atoms with Gasteiger partial charge in [0, 0.05) is 17.1 Å². The van der Waals surface area contributed by atoms with E-state index in [1.807, 2.05) is 17.5 Å². The molecule has 0 saturated heterocycles. The molecule has 5 heteroatoms. The van der Waals surface area contributed by atoms with Gasteiger partial charge in [-0.3, -0.25) is 9.78 Å². The van der Waals surface area contributed by atoms with Gasteiger partial charge in [-0.05, 0) is 29.1 Å². The number of fused-ring (bicyclic) bond motifs is 1. The summed E-state index contributed by atoms with van der Waals surface area (Å²) in [4.78, 5) is 15.9. The summed E-state index contributed by atoms with van der Waals surface area (Å²) in [5.41, 5.74) is 0.615. The Morgan fingerprint density at radius 1 is 1.33 bits per heavy atom. The third kappa shape index (κ3) is 1.93. The van der Waals surface area contributed by atoms with Crippen molar-refractivity contribution in [3.63, 3.8) is 0 Å². The van der Waals surface area contributed by atoms with E-state index in [9.17, 15) is 9.18 Å². The zero-order chi connectivity index (χ0) is 12.5. The Balaban J connectivity index is 2.05. The van der Waals surface area contributed by atoms with Crippen LogP contribution in [0.25, 0.3) is 10.1 Å². The summed E-state index contributed by atoms with van der Waals surface area (Å²) < 4.78 is 15.6. The average molecular weight is 260 g/mol. The number of halogens is 1. The van der Waals surface area contributed by atoms with Gasteiger partial charge in [0.15, 0.2) is 0 Å². The van der Waals surface area contributed by atoms with Crippen molar-refractivity contribution in [3.05, 3.63) is 63.9 Å². The van der Waals surface area contributed by atoms with Crippen LogP contribution in [-0.2, 0) is 6.54 Å². The Morgan fingerprint density at radius 2 is 2.22 bits per heavy atom. The maximum atomic E-state index is 13.0. The Morgan fingerprint density at radius 3 is 3.06 bits per heavy atom. The fourth-order valence-corrected chi connectivity index (χ4v) is 2.64. The maximum absolute atomic E-state index is 13.0. The molecule has 0 unspecified atom stereocenters. The first-order valence-corrected chi connectivity index (χ1v) is 6.28. The van der Waals surface area contributed by atoms with E-state index >= 15 is 0 Å². The third-order valence-corrected chi connectivity index (χ3v) is 3.59. The van der Waals surface area contributed by atoms with Gasteiger partial charge in [0.1, 0.15) is 5.82 Å². The lowest BCUT2D eigenvalue weighted by molar-refractivity contribution is 0.615. The number of pyridine rings is 2. The lowest BCUT2D eigenvalue weighted by Gasteiger charge is -2.05. The minimum atomic E-state index is -0.392. The number of aromatic nitrogens is 2. The summed E-state index contributed by atoms with van der Waals surface area (Å²) in [7, 11) is 0. The first kappa shape index (κ1) is 11.1. The fraction of sp³-hybridized carbons (Fsp3) is 0.0769. The number of rotatable bonds is 2. The van der Waals surface area contributed by atoms with Crippen molar-refractivity contribution in [2.45, 2.75) is 6.54 Å². The van der Waals surface area contributed by atoms with Crippen molar-refractivity contribution in [3.8, 4) is 0 Å². The number of hydrogen-bond acceptors (Lipinski definition) is 3. The van der Waals surface area contributed by atoms with Gasteiger partial charge in [-0.25, -0.2) is 4.39 Å². The molecule has 18 heavy (non-hydrogen) atoms. The Labute approximate surface area is 106 Å². The molecule has 3 rings (SSSR count). The molecule has 0 aliphatic heterocycles. The first-order valence-electron chi connectivity index (χ1n) is 5.40. The predicted molar refractivity (Wildman–Crippen MR) is 69.4 cm³/mol. The highest BCUT2D eigenvalue weighted by Crippen LogP contribution is 2.16. The van der Waals surface area contributed by atoms with Crippen LogP contribution in [0.2, 0.25) is 0 Å². The molecule has 0 radical (unpaired) electrons. The molecule has 0 bridgehead atoms. The largest absolute Gasteiger partial charge is 0.310 e. The second-order valence-electron chi connectivity index (χ2n) is 3.96. The van der Waals surface area contributed by atoms with Gasteiger partial charge in [0.25, 0.3) is 5.56 Å². The number of hydrogen-bond donors (Lipinski definition) is 0. The molecule has 0 aromatic carbocycles. The van der Waals surface area contributed by atoms with Gasteiger partial charge < -0.3 is 4.57 Å². The average Bonchev–Trinajstić information content (AvgIpc) is 2.82. The van der Waals surface area contributed by atoms with Crippen LogP contribution in [0.4, 0.5) is 4.39 Å². The fourth-order valence-electron chi connectivity index (χ4n) is 1.87. The SMILES string of the molecule is O=c1c2ccsc2ccn1Cc1cncc(F)c1. The molecule has 0 amide bonds. The molecule has 3 aromatic heterocycles. The first-order chi connectivity index (χ1) is 8.74. The maximum Gasteiger partial charge on any atom is 0.259 e. The van der Waals surface area contributed by atoms with Crippen molar-refractivity contribution in [2.75, 3.05) is 0 Å². The van der Waals surface area contributed by atoms with Crippen molar-refractivity contribution >= 4 is 21.4 Å². The highest BCUT2D eigenvalue weighted by molar-refractivity contribution is 7.17. The van der Waals surface area contributed by atoms with Crippen molar-refractivity contribution in [1.29, 1.82) is 0 Å². The van der Waals surface area contributed by atoms with Crippen LogP contribution < -0.4 is 5.56 Å². The Kier molecular flexibility index (Phi) is 2.68. The van der Waals surface area contributed by atoms with Crippen molar-refractivity contribution in [2.24, 2.45) is 0 Å². The lowest BCUT2D eigenvalue weighted by atomic mass is 10.2. The van der Waals surface area contributed by atoms with Crippen LogP contribution in [0.15, 0.2) is 47.0 Å². The summed E-state index contributed by atoms with van der Waals surface area (Å²) in [5.74, 6) is -0.392. The van der Waals surface area contributed by atoms with E-state index in [1.165, 1.54) is 17.4 Å². The summed E-state index contributed by atoms with van der Waals surface area (Å²) in [6.45, 7) is 0.329. The van der Waals surface area contributed by atoms with Gasteiger partial charge in [0.2, 0.25) is 0 Å². The molecule has 3 heterocycles. The summed E-state index contributed by atoms with van der Waals surface area (Å²) >= 11 is 1.53. The van der Waals surface area contributed by atoms with Gasteiger partial charge in [-0.15, -0.1) is 11.3 Å². The van der Waals surface area contributed by atoms with Gasteiger partial charge in [-0.1, -0.05) is 0 Å². The third-order valence-electron chi connectivity index (χ3n) is 2.71. The molecule has 0 saturated carbocycles. The second-order valence-corrected chi connectivity index (χ2v) is 4.91. The minimum absolute atomic E-state index is 0.0574. The molecule has 0 fully saturated rings. The van der Waals surface area contributed by atoms with Crippen LogP contribution >= 0.6 is 11.3 Å². The molecule has 0 spiro atoms. The zero-order valence-corrected chi connectivity index (χ0v) is 10.2. The topological polar surface area (TPSA) is 34.9 Å². The molecule has 0 atom stereocenters. The molecule has 0 aliphatic carbocycles. The van der Waals surface area contributed by atoms with Crippen LogP contribution in [0, 0.1) is 5.82 Å². The monoisotopic (exact) mass is 260 g/mol. The van der Waals surface area contributed by atoms with Crippen molar-refractivity contribution < 1.29 is 4.39 Å². The van der Waals surface area contributed by atoms with Gasteiger partial charge in [-0.2, -0.15) is 0 Å². The molecule has 90 valence electrons. The van der Waals surface area contributed by atoms with Crippen LogP contribution in [0.1, 0.15) is 5.56 Å². The Hall–Kier alpha value is -2.01. The smallest absolute Gasteiger partial charge is 0.259 e. The molecular weight excluding hydrogens is 251 g/mol. The highest BCUT2D eigenvalue weighted by atomic mass is 32.1. The summed E-state index contributed by atoms with van der Waals surface area (Å²) in [6.07, 6.45) is 4.44. The van der Waals surface area contributed by atoms with Crippen LogP contribution in [-0.4, -0.2) is 9.55 Å². The molecule has 0 aliphatic rings. The summed E-state index contributed by atoms with van der Waals surface area (Å²) in [6, 6.07) is 5.09.